The van der Waals surface area contributed by atoms with Crippen LogP contribution in [0.15, 0.2) is 57.9 Å². The first kappa shape index (κ1) is 15.1. The van der Waals surface area contributed by atoms with Crippen LogP contribution in [0.25, 0.3) is 10.9 Å². The standard InChI is InChI=1S/C19H15BrN2O2/c1-11-9-12-3-2-4-15-17(12)22(11)10-16(18(15)23)19(24)21-14-7-5-13(20)6-8-14/h2-8,10-11H,9H2,1H3,(H,21,24)/t11-/m0/s1. The molecule has 0 saturated carbocycles. The Labute approximate surface area is 147 Å². The zero-order valence-corrected chi connectivity index (χ0v) is 14.6. The number of pyridine rings is 1. The van der Waals surface area contributed by atoms with Gasteiger partial charge in [-0.1, -0.05) is 28.1 Å². The molecule has 1 aliphatic heterocycles. The van der Waals surface area contributed by atoms with Crippen molar-refractivity contribution in [2.75, 3.05) is 5.32 Å². The van der Waals surface area contributed by atoms with Gasteiger partial charge >= 0.3 is 0 Å². The van der Waals surface area contributed by atoms with Gasteiger partial charge in [-0.2, -0.15) is 0 Å². The Balaban J connectivity index is 1.81. The predicted octanol–water partition coefficient (Wildman–Crippen LogP) is 4.13. The van der Waals surface area contributed by atoms with E-state index < -0.39 is 0 Å². The first-order valence-corrected chi connectivity index (χ1v) is 8.57. The van der Waals surface area contributed by atoms with Crippen LogP contribution >= 0.6 is 15.9 Å². The van der Waals surface area contributed by atoms with Gasteiger partial charge in [-0.25, -0.2) is 0 Å². The third kappa shape index (κ3) is 2.36. The summed E-state index contributed by atoms with van der Waals surface area (Å²) in [5.74, 6) is -0.377. The maximum Gasteiger partial charge on any atom is 0.261 e. The molecule has 4 nitrogen and oxygen atoms in total. The van der Waals surface area contributed by atoms with Crippen molar-refractivity contribution in [1.82, 2.24) is 4.57 Å². The molecule has 24 heavy (non-hydrogen) atoms. The van der Waals surface area contributed by atoms with Gasteiger partial charge in [0.05, 0.1) is 5.52 Å². The molecule has 2 heterocycles. The van der Waals surface area contributed by atoms with E-state index >= 15 is 0 Å². The highest BCUT2D eigenvalue weighted by atomic mass is 79.9. The highest BCUT2D eigenvalue weighted by molar-refractivity contribution is 9.10. The van der Waals surface area contributed by atoms with Crippen LogP contribution in [0.3, 0.4) is 0 Å². The summed E-state index contributed by atoms with van der Waals surface area (Å²) in [6, 6.07) is 13.2. The van der Waals surface area contributed by atoms with Crippen LogP contribution in [0, 0.1) is 0 Å². The van der Waals surface area contributed by atoms with Crippen LogP contribution < -0.4 is 10.7 Å². The van der Waals surface area contributed by atoms with Gasteiger partial charge in [-0.3, -0.25) is 9.59 Å². The van der Waals surface area contributed by atoms with E-state index in [1.54, 1.807) is 24.4 Å². The number of carbonyl (C=O) groups is 1. The molecule has 120 valence electrons. The van der Waals surface area contributed by atoms with E-state index in [9.17, 15) is 9.59 Å². The number of rotatable bonds is 2. The number of nitrogens with one attached hydrogen (secondary N) is 1. The quantitative estimate of drug-likeness (QED) is 0.724. The molecule has 0 fully saturated rings. The van der Waals surface area contributed by atoms with Gasteiger partial charge in [0.25, 0.3) is 5.91 Å². The number of hydrogen-bond donors (Lipinski definition) is 1. The zero-order valence-electron chi connectivity index (χ0n) is 13.0. The monoisotopic (exact) mass is 382 g/mol. The van der Waals surface area contributed by atoms with Crippen molar-refractivity contribution < 1.29 is 4.79 Å². The molecule has 2 aromatic carbocycles. The largest absolute Gasteiger partial charge is 0.343 e. The van der Waals surface area contributed by atoms with Crippen LogP contribution in [-0.2, 0) is 6.42 Å². The van der Waals surface area contributed by atoms with Gasteiger partial charge < -0.3 is 9.88 Å². The molecule has 1 aromatic heterocycles. The lowest BCUT2D eigenvalue weighted by Gasteiger charge is -2.12. The fourth-order valence-corrected chi connectivity index (χ4v) is 3.57. The van der Waals surface area contributed by atoms with Crippen molar-refractivity contribution in [3.05, 3.63) is 74.5 Å². The van der Waals surface area contributed by atoms with E-state index in [1.165, 1.54) is 0 Å². The summed E-state index contributed by atoms with van der Waals surface area (Å²) in [5, 5.41) is 3.41. The van der Waals surface area contributed by atoms with Crippen LogP contribution in [0.2, 0.25) is 0 Å². The number of anilines is 1. The molecule has 4 rings (SSSR count). The lowest BCUT2D eigenvalue weighted by atomic mass is 10.1. The van der Waals surface area contributed by atoms with Crippen molar-refractivity contribution in [3.8, 4) is 0 Å². The third-order valence-electron chi connectivity index (χ3n) is 4.47. The molecule has 0 bridgehead atoms. The summed E-state index contributed by atoms with van der Waals surface area (Å²) >= 11 is 3.36. The van der Waals surface area contributed by atoms with Gasteiger partial charge in [0.1, 0.15) is 5.56 Å². The average molecular weight is 383 g/mol. The number of carbonyl (C=O) groups excluding carboxylic acids is 1. The fourth-order valence-electron chi connectivity index (χ4n) is 3.31. The van der Waals surface area contributed by atoms with Crippen molar-refractivity contribution in [2.45, 2.75) is 19.4 Å². The molecular weight excluding hydrogens is 368 g/mol. The SMILES string of the molecule is C[C@H]1Cc2cccc3c(=O)c(C(=O)Nc4ccc(Br)cc4)cn1c23. The van der Waals surface area contributed by atoms with Crippen molar-refractivity contribution in [2.24, 2.45) is 0 Å². The van der Waals surface area contributed by atoms with E-state index in [4.69, 9.17) is 0 Å². The van der Waals surface area contributed by atoms with Crippen LogP contribution in [0.1, 0.15) is 28.9 Å². The van der Waals surface area contributed by atoms with Crippen molar-refractivity contribution >= 4 is 38.4 Å². The molecule has 1 aliphatic rings. The van der Waals surface area contributed by atoms with Gasteiger partial charge in [-0.15, -0.1) is 0 Å². The molecule has 1 atom stereocenters. The second kappa shape index (κ2) is 5.60. The Morgan fingerprint density at radius 1 is 1.21 bits per heavy atom. The van der Waals surface area contributed by atoms with E-state index in [-0.39, 0.29) is 22.9 Å². The number of nitrogens with zero attached hydrogens (tertiary/aromatic N) is 1. The Morgan fingerprint density at radius 3 is 2.71 bits per heavy atom. The zero-order chi connectivity index (χ0) is 16.8. The lowest BCUT2D eigenvalue weighted by molar-refractivity contribution is 0.102. The summed E-state index contributed by atoms with van der Waals surface area (Å²) in [4.78, 5) is 25.4. The van der Waals surface area contributed by atoms with E-state index in [0.717, 1.165) is 22.0 Å². The summed E-state index contributed by atoms with van der Waals surface area (Å²) in [6.45, 7) is 2.10. The molecule has 0 aliphatic carbocycles. The molecule has 0 saturated heterocycles. The highest BCUT2D eigenvalue weighted by Crippen LogP contribution is 2.31. The minimum Gasteiger partial charge on any atom is -0.343 e. The summed E-state index contributed by atoms with van der Waals surface area (Å²) in [7, 11) is 0. The maximum absolute atomic E-state index is 12.8. The van der Waals surface area contributed by atoms with Gasteiger partial charge in [0.15, 0.2) is 0 Å². The summed E-state index contributed by atoms with van der Waals surface area (Å²) in [6.07, 6.45) is 2.58. The number of halogens is 1. The smallest absolute Gasteiger partial charge is 0.261 e. The van der Waals surface area contributed by atoms with Crippen LogP contribution in [-0.4, -0.2) is 10.5 Å². The molecule has 1 amide bonds. The number of aromatic nitrogens is 1. The normalized spacial score (nSPS) is 15.7. The molecule has 5 heteroatoms. The Morgan fingerprint density at radius 2 is 1.96 bits per heavy atom. The minimum absolute atomic E-state index is 0.177. The first-order chi connectivity index (χ1) is 11.5. The van der Waals surface area contributed by atoms with Crippen LogP contribution in [0.5, 0.6) is 0 Å². The lowest BCUT2D eigenvalue weighted by Crippen LogP contribution is -2.23. The summed E-state index contributed by atoms with van der Waals surface area (Å²) < 4.78 is 2.98. The summed E-state index contributed by atoms with van der Waals surface area (Å²) in [5.41, 5.74) is 2.74. The van der Waals surface area contributed by atoms with E-state index in [1.807, 2.05) is 28.8 Å². The van der Waals surface area contributed by atoms with Gasteiger partial charge in [0, 0.05) is 27.8 Å². The second-order valence-corrected chi connectivity index (χ2v) is 7.02. The van der Waals surface area contributed by atoms with E-state index in [2.05, 4.69) is 28.2 Å². The number of para-hydroxylation sites is 1. The van der Waals surface area contributed by atoms with Gasteiger partial charge in [-0.05, 0) is 49.2 Å². The van der Waals surface area contributed by atoms with Crippen molar-refractivity contribution in [3.63, 3.8) is 0 Å². The van der Waals surface area contributed by atoms with Gasteiger partial charge in [0.2, 0.25) is 5.43 Å². The Kier molecular flexibility index (Phi) is 3.53. The molecular formula is C19H15BrN2O2. The molecule has 3 aromatic rings. The number of amides is 1. The topological polar surface area (TPSA) is 51.1 Å². The second-order valence-electron chi connectivity index (χ2n) is 6.11. The third-order valence-corrected chi connectivity index (χ3v) is 5.00. The number of hydrogen-bond acceptors (Lipinski definition) is 2. The molecule has 0 unspecified atom stereocenters. The minimum atomic E-state index is -0.377. The Hall–Kier alpha value is -2.40. The molecule has 0 spiro atoms. The van der Waals surface area contributed by atoms with E-state index in [0.29, 0.717) is 11.1 Å². The van der Waals surface area contributed by atoms with Crippen molar-refractivity contribution in [1.29, 1.82) is 0 Å². The Bertz CT molecular complexity index is 1020. The highest BCUT2D eigenvalue weighted by Gasteiger charge is 2.24. The first-order valence-electron chi connectivity index (χ1n) is 7.78. The fraction of sp³-hybridized carbons (Fsp3) is 0.158. The van der Waals surface area contributed by atoms with Crippen LogP contribution in [0.4, 0.5) is 5.69 Å². The molecule has 1 N–H and O–H groups in total. The average Bonchev–Trinajstić information content (AvgIpc) is 2.89. The predicted molar refractivity (Wildman–Crippen MR) is 98.7 cm³/mol. The number of benzene rings is 2. The maximum atomic E-state index is 12.8. The molecule has 0 radical (unpaired) electrons.